The van der Waals surface area contributed by atoms with Gasteiger partial charge in [-0.1, -0.05) is 26.8 Å². The summed E-state index contributed by atoms with van der Waals surface area (Å²) >= 11 is 0. The lowest BCUT2D eigenvalue weighted by molar-refractivity contribution is -0.115. The van der Waals surface area contributed by atoms with E-state index in [4.69, 9.17) is 4.42 Å². The van der Waals surface area contributed by atoms with Crippen LogP contribution < -0.4 is 5.32 Å². The van der Waals surface area contributed by atoms with Crippen molar-refractivity contribution in [2.24, 2.45) is 5.92 Å². The first-order valence-corrected chi connectivity index (χ1v) is 12.6. The van der Waals surface area contributed by atoms with Crippen LogP contribution in [0.4, 0.5) is 5.69 Å². The van der Waals surface area contributed by atoms with E-state index in [0.29, 0.717) is 30.6 Å². The highest BCUT2D eigenvalue weighted by molar-refractivity contribution is 7.89. The van der Waals surface area contributed by atoms with Gasteiger partial charge in [0.25, 0.3) is 0 Å². The Morgan fingerprint density at radius 3 is 2.62 bits per heavy atom. The third-order valence-electron chi connectivity index (χ3n) is 6.09. The molecule has 1 amide bonds. The summed E-state index contributed by atoms with van der Waals surface area (Å²) in [5.74, 6) is 0.578. The molecule has 3 aromatic rings. The fraction of sp³-hybridized carbons (Fsp3) is 0.400. The van der Waals surface area contributed by atoms with Crippen molar-refractivity contribution in [1.82, 2.24) is 4.31 Å². The molecular weight excluding hydrogens is 424 g/mol. The third-order valence-corrected chi connectivity index (χ3v) is 7.97. The fourth-order valence-corrected chi connectivity index (χ4v) is 5.80. The number of piperidine rings is 1. The molecular formula is C25H30N2O4S. The summed E-state index contributed by atoms with van der Waals surface area (Å²) < 4.78 is 33.0. The molecule has 0 radical (unpaired) electrons. The number of amides is 1. The Balaban J connectivity index is 1.44. The Kier molecular flexibility index (Phi) is 6.40. The van der Waals surface area contributed by atoms with Crippen molar-refractivity contribution >= 4 is 32.6 Å². The number of sulfonamides is 1. The molecule has 0 spiro atoms. The van der Waals surface area contributed by atoms with Crippen LogP contribution in [0.25, 0.3) is 11.0 Å². The van der Waals surface area contributed by atoms with Gasteiger partial charge in [-0.25, -0.2) is 8.42 Å². The van der Waals surface area contributed by atoms with Crippen molar-refractivity contribution in [2.45, 2.75) is 50.8 Å². The van der Waals surface area contributed by atoms with Crippen molar-refractivity contribution in [3.63, 3.8) is 0 Å². The number of hydrogen-bond acceptors (Lipinski definition) is 4. The Morgan fingerprint density at radius 1 is 1.19 bits per heavy atom. The molecule has 7 heteroatoms. The van der Waals surface area contributed by atoms with E-state index >= 15 is 0 Å². The van der Waals surface area contributed by atoms with Gasteiger partial charge in [0.2, 0.25) is 15.9 Å². The normalized spacial score (nSPS) is 17.7. The van der Waals surface area contributed by atoms with Gasteiger partial charge in [-0.05, 0) is 66.6 Å². The summed E-state index contributed by atoms with van der Waals surface area (Å²) in [6.45, 7) is 7.44. The van der Waals surface area contributed by atoms with Gasteiger partial charge in [0.1, 0.15) is 5.58 Å². The van der Waals surface area contributed by atoms with E-state index in [1.54, 1.807) is 34.8 Å². The monoisotopic (exact) mass is 454 g/mol. The van der Waals surface area contributed by atoms with Crippen LogP contribution in [0.1, 0.15) is 50.7 Å². The highest BCUT2D eigenvalue weighted by atomic mass is 32.2. The fourth-order valence-electron chi connectivity index (χ4n) is 4.20. The summed E-state index contributed by atoms with van der Waals surface area (Å²) in [5.41, 5.74) is 3.36. The van der Waals surface area contributed by atoms with Crippen molar-refractivity contribution in [2.75, 3.05) is 18.4 Å². The predicted octanol–water partition coefficient (Wildman–Crippen LogP) is 5.16. The summed E-state index contributed by atoms with van der Waals surface area (Å²) in [5, 5.41) is 3.81. The van der Waals surface area contributed by atoms with Crippen molar-refractivity contribution in [3.8, 4) is 0 Å². The molecule has 32 heavy (non-hydrogen) atoms. The molecule has 1 aliphatic heterocycles. The third kappa shape index (κ3) is 4.74. The maximum absolute atomic E-state index is 12.9. The lowest BCUT2D eigenvalue weighted by Crippen LogP contribution is -2.39. The number of furan rings is 1. The zero-order chi connectivity index (χ0) is 22.9. The van der Waals surface area contributed by atoms with E-state index < -0.39 is 10.0 Å². The van der Waals surface area contributed by atoms with Gasteiger partial charge in [-0.3, -0.25) is 4.79 Å². The smallest absolute Gasteiger partial charge is 0.243 e. The Morgan fingerprint density at radius 2 is 1.94 bits per heavy atom. The van der Waals surface area contributed by atoms with Gasteiger partial charge < -0.3 is 9.73 Å². The highest BCUT2D eigenvalue weighted by Gasteiger charge is 2.28. The largest absolute Gasteiger partial charge is 0.464 e. The van der Waals surface area contributed by atoms with E-state index in [0.717, 1.165) is 29.4 Å². The topological polar surface area (TPSA) is 79.6 Å². The van der Waals surface area contributed by atoms with Gasteiger partial charge >= 0.3 is 0 Å². The summed E-state index contributed by atoms with van der Waals surface area (Å²) in [6.07, 6.45) is 3.75. The van der Waals surface area contributed by atoms with E-state index in [2.05, 4.69) is 32.2 Å². The number of carbonyl (C=O) groups excluding carboxylic acids is 1. The molecule has 2 aromatic carbocycles. The SMILES string of the molecule is CC(C)c1ccc2occ(CC(=O)Nc3ccc(S(=O)(=O)N4CCC[C@H](C)C4)cc3)c2c1. The number of benzene rings is 2. The van der Waals surface area contributed by atoms with Crippen LogP contribution in [0.3, 0.4) is 0 Å². The number of nitrogens with one attached hydrogen (secondary N) is 1. The summed E-state index contributed by atoms with van der Waals surface area (Å²) in [4.78, 5) is 12.9. The maximum atomic E-state index is 12.9. The second-order valence-electron chi connectivity index (χ2n) is 9.03. The van der Waals surface area contributed by atoms with Crippen molar-refractivity contribution in [3.05, 3.63) is 59.9 Å². The van der Waals surface area contributed by atoms with Crippen LogP contribution >= 0.6 is 0 Å². The molecule has 1 saturated heterocycles. The number of rotatable bonds is 6. The molecule has 1 N–H and O–H groups in total. The minimum Gasteiger partial charge on any atom is -0.464 e. The molecule has 2 heterocycles. The first kappa shape index (κ1) is 22.6. The van der Waals surface area contributed by atoms with Gasteiger partial charge in [-0.2, -0.15) is 4.31 Å². The average Bonchev–Trinajstić information content (AvgIpc) is 3.16. The molecule has 1 aliphatic rings. The number of hydrogen-bond donors (Lipinski definition) is 1. The van der Waals surface area contributed by atoms with Crippen LogP contribution in [0.5, 0.6) is 0 Å². The van der Waals surface area contributed by atoms with Gasteiger partial charge in [0.15, 0.2) is 0 Å². The second kappa shape index (κ2) is 9.08. The molecule has 1 atom stereocenters. The van der Waals surface area contributed by atoms with Crippen molar-refractivity contribution < 1.29 is 17.6 Å². The predicted molar refractivity (Wildman–Crippen MR) is 126 cm³/mol. The lowest BCUT2D eigenvalue weighted by Gasteiger charge is -2.30. The molecule has 0 unspecified atom stereocenters. The number of anilines is 1. The first-order chi connectivity index (χ1) is 15.2. The standard InChI is InChI=1S/C25H30N2O4S/c1-17(2)19-6-11-24-23(13-19)20(16-31-24)14-25(28)26-21-7-9-22(10-8-21)32(29,30)27-12-4-5-18(3)15-27/h6-11,13,16-18H,4-5,12,14-15H2,1-3H3,(H,26,28)/t18-/m0/s1. The van der Waals surface area contributed by atoms with Crippen molar-refractivity contribution in [1.29, 1.82) is 0 Å². The van der Waals surface area contributed by atoms with Crippen LogP contribution in [-0.4, -0.2) is 31.7 Å². The van der Waals surface area contributed by atoms with E-state index in [1.165, 1.54) is 5.56 Å². The summed E-state index contributed by atoms with van der Waals surface area (Å²) in [7, 11) is -3.51. The number of nitrogens with zero attached hydrogens (tertiary/aromatic N) is 1. The quantitative estimate of drug-likeness (QED) is 0.558. The average molecular weight is 455 g/mol. The second-order valence-corrected chi connectivity index (χ2v) is 11.0. The van der Waals surface area contributed by atoms with Crippen LogP contribution in [0.2, 0.25) is 0 Å². The van der Waals surface area contributed by atoms with Crippen LogP contribution in [0, 0.1) is 5.92 Å². The molecule has 0 bridgehead atoms. The van der Waals surface area contributed by atoms with E-state index in [9.17, 15) is 13.2 Å². The Hall–Kier alpha value is -2.64. The maximum Gasteiger partial charge on any atom is 0.243 e. The lowest BCUT2D eigenvalue weighted by atomic mass is 10.00. The minimum absolute atomic E-state index is 0.178. The molecule has 0 aliphatic carbocycles. The van der Waals surface area contributed by atoms with Crippen LogP contribution in [-0.2, 0) is 21.2 Å². The molecule has 0 saturated carbocycles. The van der Waals surface area contributed by atoms with Gasteiger partial charge in [0, 0.05) is 29.7 Å². The van der Waals surface area contributed by atoms with E-state index in [-0.39, 0.29) is 17.2 Å². The van der Waals surface area contributed by atoms with E-state index in [1.807, 2.05) is 12.1 Å². The zero-order valence-electron chi connectivity index (χ0n) is 18.8. The molecule has 6 nitrogen and oxygen atoms in total. The molecule has 4 rings (SSSR count). The van der Waals surface area contributed by atoms with Crippen LogP contribution in [0.15, 0.2) is 58.0 Å². The molecule has 1 fully saturated rings. The summed E-state index contributed by atoms with van der Waals surface area (Å²) in [6, 6.07) is 12.5. The Labute approximate surface area is 189 Å². The van der Waals surface area contributed by atoms with Gasteiger partial charge in [0.05, 0.1) is 17.6 Å². The molecule has 1 aromatic heterocycles. The molecule has 170 valence electrons. The number of fused-ring (bicyclic) bond motifs is 1. The highest BCUT2D eigenvalue weighted by Crippen LogP contribution is 2.27. The zero-order valence-corrected chi connectivity index (χ0v) is 19.6. The van der Waals surface area contributed by atoms with Gasteiger partial charge in [-0.15, -0.1) is 0 Å². The first-order valence-electron chi connectivity index (χ1n) is 11.1. The Bertz CT molecular complexity index is 1210. The minimum atomic E-state index is -3.51. The number of carbonyl (C=O) groups is 1.